The van der Waals surface area contributed by atoms with Gasteiger partial charge in [-0.05, 0) is 61.2 Å². The van der Waals surface area contributed by atoms with Crippen molar-refractivity contribution in [2.75, 3.05) is 0 Å². The molecule has 176 valence electrons. The standard InChI is InChI=1S/C29H31NO4/c1-4-20(3)33-27(31)17-23-12-8-9-13-25(23)32-18-21-14-19(2)29-24(15-21)16-26(34-29)28(30)22-10-6-5-7-11-22/h5-16,20,28H,4,17-18,30H2,1-3H3. The number of carbonyl (C=O) groups is 1. The fourth-order valence-electron chi connectivity index (χ4n) is 3.94. The van der Waals surface area contributed by atoms with Gasteiger partial charge in [0.1, 0.15) is 23.7 Å². The zero-order valence-electron chi connectivity index (χ0n) is 19.9. The van der Waals surface area contributed by atoms with Crippen LogP contribution in [-0.4, -0.2) is 12.1 Å². The molecule has 4 rings (SSSR count). The second-order valence-corrected chi connectivity index (χ2v) is 8.65. The predicted octanol–water partition coefficient (Wildman–Crippen LogP) is 6.25. The number of ether oxygens (including phenoxy) is 2. The van der Waals surface area contributed by atoms with Crippen LogP contribution in [-0.2, 0) is 22.6 Å². The number of aryl methyl sites for hydroxylation is 1. The normalized spacial score (nSPS) is 12.9. The Morgan fingerprint density at radius 3 is 2.53 bits per heavy atom. The molecule has 0 spiro atoms. The monoisotopic (exact) mass is 457 g/mol. The minimum atomic E-state index is -0.324. The van der Waals surface area contributed by atoms with E-state index in [1.54, 1.807) is 0 Å². The van der Waals surface area contributed by atoms with Crippen LogP contribution < -0.4 is 10.5 Å². The summed E-state index contributed by atoms with van der Waals surface area (Å²) < 4.78 is 17.7. The lowest BCUT2D eigenvalue weighted by Gasteiger charge is -2.14. The Labute approximate surface area is 200 Å². The zero-order valence-corrected chi connectivity index (χ0v) is 19.9. The van der Waals surface area contributed by atoms with Crippen molar-refractivity contribution in [1.82, 2.24) is 0 Å². The summed E-state index contributed by atoms with van der Waals surface area (Å²) in [7, 11) is 0. The molecule has 2 N–H and O–H groups in total. The lowest BCUT2D eigenvalue weighted by atomic mass is 10.0. The molecular weight excluding hydrogens is 426 g/mol. The van der Waals surface area contributed by atoms with E-state index in [2.05, 4.69) is 12.1 Å². The number of nitrogens with two attached hydrogens (primary N) is 1. The van der Waals surface area contributed by atoms with Gasteiger partial charge in [-0.15, -0.1) is 0 Å². The zero-order chi connectivity index (χ0) is 24.1. The molecule has 0 amide bonds. The Hall–Kier alpha value is -3.57. The van der Waals surface area contributed by atoms with Crippen LogP contribution in [0.4, 0.5) is 0 Å². The van der Waals surface area contributed by atoms with E-state index in [1.807, 2.05) is 81.4 Å². The first kappa shape index (κ1) is 23.6. The van der Waals surface area contributed by atoms with Gasteiger partial charge >= 0.3 is 5.97 Å². The van der Waals surface area contributed by atoms with Crippen LogP contribution in [0, 0.1) is 6.92 Å². The summed E-state index contributed by atoms with van der Waals surface area (Å²) in [4.78, 5) is 12.3. The molecule has 0 aliphatic carbocycles. The molecule has 0 radical (unpaired) electrons. The van der Waals surface area contributed by atoms with Gasteiger partial charge in [-0.1, -0.05) is 55.5 Å². The highest BCUT2D eigenvalue weighted by molar-refractivity contribution is 5.82. The third-order valence-corrected chi connectivity index (χ3v) is 5.96. The maximum atomic E-state index is 12.3. The SMILES string of the molecule is CCC(C)OC(=O)Cc1ccccc1OCc1cc(C)c2oc(C(N)c3ccccc3)cc2c1. The molecule has 4 aromatic rings. The summed E-state index contributed by atoms with van der Waals surface area (Å²) in [6.07, 6.45) is 0.879. The van der Waals surface area contributed by atoms with Gasteiger partial charge in [0.15, 0.2) is 0 Å². The number of esters is 1. The van der Waals surface area contributed by atoms with Gasteiger partial charge in [0, 0.05) is 10.9 Å². The topological polar surface area (TPSA) is 74.7 Å². The molecule has 1 aromatic heterocycles. The molecule has 0 aliphatic rings. The maximum absolute atomic E-state index is 12.3. The largest absolute Gasteiger partial charge is 0.489 e. The van der Waals surface area contributed by atoms with Gasteiger partial charge in [0.05, 0.1) is 18.6 Å². The first-order chi connectivity index (χ1) is 16.4. The highest BCUT2D eigenvalue weighted by Gasteiger charge is 2.16. The Kier molecular flexibility index (Phi) is 7.33. The van der Waals surface area contributed by atoms with Crippen LogP contribution in [0.3, 0.4) is 0 Å². The number of hydrogen-bond acceptors (Lipinski definition) is 5. The van der Waals surface area contributed by atoms with Crippen LogP contribution in [0.15, 0.2) is 77.2 Å². The molecule has 0 saturated heterocycles. The average Bonchev–Trinajstić information content (AvgIpc) is 3.28. The lowest BCUT2D eigenvalue weighted by molar-refractivity contribution is -0.147. The first-order valence-corrected chi connectivity index (χ1v) is 11.7. The van der Waals surface area contributed by atoms with Crippen LogP contribution in [0.2, 0.25) is 0 Å². The van der Waals surface area contributed by atoms with Crippen molar-refractivity contribution in [3.8, 4) is 5.75 Å². The summed E-state index contributed by atoms with van der Waals surface area (Å²) in [5, 5.41) is 0.991. The maximum Gasteiger partial charge on any atom is 0.310 e. The van der Waals surface area contributed by atoms with E-state index in [-0.39, 0.29) is 24.5 Å². The smallest absolute Gasteiger partial charge is 0.310 e. The highest BCUT2D eigenvalue weighted by Crippen LogP contribution is 2.30. The minimum Gasteiger partial charge on any atom is -0.489 e. The van der Waals surface area contributed by atoms with E-state index >= 15 is 0 Å². The fraction of sp³-hybridized carbons (Fsp3) is 0.276. The molecule has 0 fully saturated rings. The number of benzene rings is 3. The van der Waals surface area contributed by atoms with Crippen molar-refractivity contribution >= 4 is 16.9 Å². The van der Waals surface area contributed by atoms with E-state index in [0.29, 0.717) is 12.4 Å². The van der Waals surface area contributed by atoms with Gasteiger partial charge in [-0.3, -0.25) is 4.79 Å². The van der Waals surface area contributed by atoms with E-state index in [9.17, 15) is 4.79 Å². The Morgan fingerprint density at radius 1 is 1.03 bits per heavy atom. The van der Waals surface area contributed by atoms with Crippen LogP contribution >= 0.6 is 0 Å². The van der Waals surface area contributed by atoms with E-state index < -0.39 is 0 Å². The number of carbonyl (C=O) groups excluding carboxylic acids is 1. The van der Waals surface area contributed by atoms with Gasteiger partial charge in [0.25, 0.3) is 0 Å². The van der Waals surface area contributed by atoms with Crippen molar-refractivity contribution in [1.29, 1.82) is 0 Å². The van der Waals surface area contributed by atoms with E-state index in [1.165, 1.54) is 0 Å². The van der Waals surface area contributed by atoms with Crippen molar-refractivity contribution in [3.05, 3.63) is 101 Å². The molecule has 2 unspecified atom stereocenters. The fourth-order valence-corrected chi connectivity index (χ4v) is 3.94. The van der Waals surface area contributed by atoms with Gasteiger partial charge in [-0.25, -0.2) is 0 Å². The molecule has 0 saturated carbocycles. The van der Waals surface area contributed by atoms with Gasteiger partial charge in [0.2, 0.25) is 0 Å². The van der Waals surface area contributed by atoms with Gasteiger partial charge < -0.3 is 19.6 Å². The van der Waals surface area contributed by atoms with Crippen molar-refractivity contribution in [2.24, 2.45) is 5.73 Å². The molecule has 2 atom stereocenters. The minimum absolute atomic E-state index is 0.0925. The van der Waals surface area contributed by atoms with Gasteiger partial charge in [-0.2, -0.15) is 0 Å². The Balaban J connectivity index is 1.50. The molecule has 0 bridgehead atoms. The summed E-state index contributed by atoms with van der Waals surface area (Å²) in [5.74, 6) is 1.16. The van der Waals surface area contributed by atoms with E-state index in [0.717, 1.165) is 45.4 Å². The summed E-state index contributed by atoms with van der Waals surface area (Å²) >= 11 is 0. The summed E-state index contributed by atoms with van der Waals surface area (Å²) in [5.41, 5.74) is 11.1. The molecule has 34 heavy (non-hydrogen) atoms. The lowest BCUT2D eigenvalue weighted by Crippen LogP contribution is -2.16. The number of fused-ring (bicyclic) bond motifs is 1. The molecule has 1 heterocycles. The Bertz CT molecular complexity index is 1260. The second kappa shape index (κ2) is 10.6. The molecule has 5 nitrogen and oxygen atoms in total. The number of furan rings is 1. The average molecular weight is 458 g/mol. The quantitative estimate of drug-likeness (QED) is 0.301. The summed E-state index contributed by atoms with van der Waals surface area (Å²) in [6.45, 7) is 6.28. The van der Waals surface area contributed by atoms with Crippen LogP contribution in [0.1, 0.15) is 54.3 Å². The molecule has 5 heteroatoms. The second-order valence-electron chi connectivity index (χ2n) is 8.65. The predicted molar refractivity (Wildman–Crippen MR) is 134 cm³/mol. The Morgan fingerprint density at radius 2 is 1.76 bits per heavy atom. The molecule has 3 aromatic carbocycles. The number of para-hydroxylation sites is 1. The van der Waals surface area contributed by atoms with Crippen molar-refractivity contribution < 1.29 is 18.7 Å². The van der Waals surface area contributed by atoms with Crippen molar-refractivity contribution in [3.63, 3.8) is 0 Å². The third kappa shape index (κ3) is 5.49. The summed E-state index contributed by atoms with van der Waals surface area (Å²) in [6, 6.07) is 23.3. The van der Waals surface area contributed by atoms with Crippen molar-refractivity contribution in [2.45, 2.75) is 52.4 Å². The first-order valence-electron chi connectivity index (χ1n) is 11.7. The number of hydrogen-bond donors (Lipinski definition) is 1. The number of rotatable bonds is 9. The van der Waals surface area contributed by atoms with E-state index in [4.69, 9.17) is 19.6 Å². The highest BCUT2D eigenvalue weighted by atomic mass is 16.5. The van der Waals surface area contributed by atoms with Crippen LogP contribution in [0.5, 0.6) is 5.75 Å². The van der Waals surface area contributed by atoms with Crippen LogP contribution in [0.25, 0.3) is 11.0 Å². The molecule has 0 aliphatic heterocycles. The molecular formula is C29H31NO4. The third-order valence-electron chi connectivity index (χ3n) is 5.96.